The summed E-state index contributed by atoms with van der Waals surface area (Å²) in [5.74, 6) is -0.299. The Kier molecular flexibility index (Phi) is 4.55. The van der Waals surface area contributed by atoms with Gasteiger partial charge in [0.25, 0.3) is 0 Å². The SMILES string of the molecule is Cc1c(Cl)cc(NC(=O)Cn2ncc(=O)c3ccccc32)cc1Cl. The first kappa shape index (κ1) is 16.5. The number of hydrogen-bond donors (Lipinski definition) is 1. The number of amides is 1. The minimum atomic E-state index is -0.299. The van der Waals surface area contributed by atoms with E-state index in [4.69, 9.17) is 23.2 Å². The molecule has 1 N–H and O–H groups in total. The Morgan fingerprint density at radius 3 is 2.58 bits per heavy atom. The van der Waals surface area contributed by atoms with Crippen LogP contribution in [0.15, 0.2) is 47.4 Å². The number of aromatic nitrogens is 2. The molecule has 0 radical (unpaired) electrons. The molecule has 1 heterocycles. The second kappa shape index (κ2) is 6.63. The monoisotopic (exact) mass is 361 g/mol. The summed E-state index contributed by atoms with van der Waals surface area (Å²) in [5.41, 5.74) is 1.68. The van der Waals surface area contributed by atoms with E-state index in [9.17, 15) is 9.59 Å². The van der Waals surface area contributed by atoms with Crippen LogP contribution in [-0.2, 0) is 11.3 Å². The van der Waals surface area contributed by atoms with Gasteiger partial charge in [0.2, 0.25) is 11.3 Å². The van der Waals surface area contributed by atoms with E-state index < -0.39 is 0 Å². The summed E-state index contributed by atoms with van der Waals surface area (Å²) in [6, 6.07) is 10.3. The molecule has 5 nitrogen and oxygen atoms in total. The molecule has 7 heteroatoms. The Balaban J connectivity index is 1.86. The van der Waals surface area contributed by atoms with Gasteiger partial charge in [-0.15, -0.1) is 0 Å². The molecule has 2 aromatic carbocycles. The lowest BCUT2D eigenvalue weighted by Gasteiger charge is -2.11. The van der Waals surface area contributed by atoms with Crippen LogP contribution in [0.4, 0.5) is 5.69 Å². The van der Waals surface area contributed by atoms with Crippen molar-refractivity contribution < 1.29 is 4.79 Å². The molecule has 0 spiro atoms. The van der Waals surface area contributed by atoms with E-state index in [0.29, 0.717) is 26.6 Å². The van der Waals surface area contributed by atoms with Crippen molar-refractivity contribution in [3.8, 4) is 0 Å². The zero-order chi connectivity index (χ0) is 17.3. The van der Waals surface area contributed by atoms with Gasteiger partial charge in [0.1, 0.15) is 6.54 Å². The zero-order valence-corrected chi connectivity index (χ0v) is 14.2. The number of hydrogen-bond acceptors (Lipinski definition) is 3. The fourth-order valence-electron chi connectivity index (χ4n) is 2.34. The van der Waals surface area contributed by atoms with Gasteiger partial charge in [0, 0.05) is 21.1 Å². The largest absolute Gasteiger partial charge is 0.324 e. The summed E-state index contributed by atoms with van der Waals surface area (Å²) < 4.78 is 1.48. The van der Waals surface area contributed by atoms with E-state index in [1.807, 2.05) is 0 Å². The quantitative estimate of drug-likeness (QED) is 0.774. The molecule has 24 heavy (non-hydrogen) atoms. The van der Waals surface area contributed by atoms with Crippen molar-refractivity contribution in [3.05, 3.63) is 68.4 Å². The Hall–Kier alpha value is -2.37. The fourth-order valence-corrected chi connectivity index (χ4v) is 2.83. The molecule has 3 rings (SSSR count). The van der Waals surface area contributed by atoms with E-state index in [1.54, 1.807) is 43.3 Å². The first-order valence-corrected chi connectivity index (χ1v) is 7.91. The highest BCUT2D eigenvalue weighted by molar-refractivity contribution is 6.36. The summed E-state index contributed by atoms with van der Waals surface area (Å²) >= 11 is 12.1. The van der Waals surface area contributed by atoms with Gasteiger partial charge in [-0.1, -0.05) is 35.3 Å². The number of carbonyl (C=O) groups is 1. The summed E-state index contributed by atoms with van der Waals surface area (Å²) in [5, 5.41) is 8.23. The van der Waals surface area contributed by atoms with Gasteiger partial charge in [-0.2, -0.15) is 5.10 Å². The van der Waals surface area contributed by atoms with Crippen LogP contribution in [0.5, 0.6) is 0 Å². The summed E-state index contributed by atoms with van der Waals surface area (Å²) in [6.07, 6.45) is 1.20. The molecule has 3 aromatic rings. The molecule has 0 aliphatic carbocycles. The van der Waals surface area contributed by atoms with Crippen LogP contribution in [0.25, 0.3) is 10.9 Å². The van der Waals surface area contributed by atoms with Gasteiger partial charge in [-0.25, -0.2) is 0 Å². The van der Waals surface area contributed by atoms with E-state index in [2.05, 4.69) is 10.4 Å². The van der Waals surface area contributed by atoms with Gasteiger partial charge in [-0.3, -0.25) is 14.3 Å². The van der Waals surface area contributed by atoms with E-state index in [0.717, 1.165) is 5.56 Å². The van der Waals surface area contributed by atoms with E-state index in [-0.39, 0.29) is 17.9 Å². The van der Waals surface area contributed by atoms with Crippen molar-refractivity contribution in [1.29, 1.82) is 0 Å². The first-order chi connectivity index (χ1) is 11.5. The van der Waals surface area contributed by atoms with E-state index in [1.165, 1.54) is 10.9 Å². The third-order valence-corrected chi connectivity index (χ3v) is 4.41. The summed E-state index contributed by atoms with van der Waals surface area (Å²) in [6.45, 7) is 1.76. The standard InChI is InChI=1S/C17H13Cl2N3O2/c1-10-13(18)6-11(7-14(10)19)21-17(24)9-22-15-5-3-2-4-12(15)16(23)8-20-22/h2-8H,9H2,1H3,(H,21,24). The Bertz CT molecular complexity index is 976. The van der Waals surface area contributed by atoms with Crippen LogP contribution >= 0.6 is 23.2 Å². The topological polar surface area (TPSA) is 64.0 Å². The minimum absolute atomic E-state index is 0.0378. The van der Waals surface area contributed by atoms with Crippen molar-refractivity contribution in [2.45, 2.75) is 13.5 Å². The summed E-state index contributed by atoms with van der Waals surface area (Å²) in [4.78, 5) is 24.1. The molecule has 0 saturated carbocycles. The highest BCUT2D eigenvalue weighted by Gasteiger charge is 2.10. The Morgan fingerprint density at radius 2 is 1.88 bits per heavy atom. The number of para-hydroxylation sites is 1. The maximum Gasteiger partial charge on any atom is 0.246 e. The normalized spacial score (nSPS) is 10.8. The molecule has 122 valence electrons. The fraction of sp³-hybridized carbons (Fsp3) is 0.118. The first-order valence-electron chi connectivity index (χ1n) is 7.16. The molecule has 1 aromatic heterocycles. The summed E-state index contributed by atoms with van der Waals surface area (Å²) in [7, 11) is 0. The molecule has 0 saturated heterocycles. The maximum atomic E-state index is 12.3. The van der Waals surface area contributed by atoms with Crippen molar-refractivity contribution in [2.75, 3.05) is 5.32 Å². The number of anilines is 1. The molecular weight excluding hydrogens is 349 g/mol. The van der Waals surface area contributed by atoms with Gasteiger partial charge in [-0.05, 0) is 36.8 Å². The average molecular weight is 362 g/mol. The van der Waals surface area contributed by atoms with Crippen LogP contribution in [0.1, 0.15) is 5.56 Å². The molecule has 0 bridgehead atoms. The lowest BCUT2D eigenvalue weighted by atomic mass is 10.2. The molecule has 0 atom stereocenters. The molecule has 0 unspecified atom stereocenters. The second-order valence-electron chi connectivity index (χ2n) is 5.30. The molecule has 0 aliphatic heterocycles. The molecule has 0 fully saturated rings. The van der Waals surface area contributed by atoms with Crippen molar-refractivity contribution in [2.24, 2.45) is 0 Å². The number of nitrogens with one attached hydrogen (secondary N) is 1. The number of carbonyl (C=O) groups excluding carboxylic acids is 1. The minimum Gasteiger partial charge on any atom is -0.324 e. The van der Waals surface area contributed by atoms with Crippen molar-refractivity contribution in [1.82, 2.24) is 9.78 Å². The third kappa shape index (κ3) is 3.27. The van der Waals surface area contributed by atoms with Crippen LogP contribution in [0.2, 0.25) is 10.0 Å². The zero-order valence-electron chi connectivity index (χ0n) is 12.7. The maximum absolute atomic E-state index is 12.3. The number of benzene rings is 2. The van der Waals surface area contributed by atoms with Gasteiger partial charge < -0.3 is 5.32 Å². The number of halogens is 2. The van der Waals surface area contributed by atoms with E-state index >= 15 is 0 Å². The third-order valence-electron chi connectivity index (χ3n) is 3.62. The lowest BCUT2D eigenvalue weighted by molar-refractivity contribution is -0.116. The predicted octanol–water partition coefficient (Wildman–Crippen LogP) is 3.65. The van der Waals surface area contributed by atoms with Gasteiger partial charge in [0.05, 0.1) is 11.7 Å². The smallest absolute Gasteiger partial charge is 0.246 e. The van der Waals surface area contributed by atoms with Gasteiger partial charge in [0.15, 0.2) is 0 Å². The number of fused-ring (bicyclic) bond motifs is 1. The van der Waals surface area contributed by atoms with Crippen LogP contribution in [0.3, 0.4) is 0 Å². The predicted molar refractivity (Wildman–Crippen MR) is 95.8 cm³/mol. The van der Waals surface area contributed by atoms with Crippen LogP contribution in [-0.4, -0.2) is 15.7 Å². The van der Waals surface area contributed by atoms with Gasteiger partial charge >= 0.3 is 0 Å². The molecule has 0 aliphatic rings. The van der Waals surface area contributed by atoms with Crippen LogP contribution in [0, 0.1) is 6.92 Å². The van der Waals surface area contributed by atoms with Crippen molar-refractivity contribution >= 4 is 45.7 Å². The highest BCUT2D eigenvalue weighted by Crippen LogP contribution is 2.28. The average Bonchev–Trinajstić information content (AvgIpc) is 2.55. The Labute approximate surface area is 147 Å². The molecule has 1 amide bonds. The second-order valence-corrected chi connectivity index (χ2v) is 6.11. The number of rotatable bonds is 3. The Morgan fingerprint density at radius 1 is 1.21 bits per heavy atom. The molecular formula is C17H13Cl2N3O2. The van der Waals surface area contributed by atoms with Crippen molar-refractivity contribution in [3.63, 3.8) is 0 Å². The lowest BCUT2D eigenvalue weighted by Crippen LogP contribution is -2.22. The van der Waals surface area contributed by atoms with Crippen LogP contribution < -0.4 is 10.7 Å². The number of nitrogens with zero attached hydrogens (tertiary/aromatic N) is 2. The highest BCUT2D eigenvalue weighted by atomic mass is 35.5.